The minimum Gasteiger partial charge on any atom is -0.392 e. The Balaban J connectivity index is 2.20. The highest BCUT2D eigenvalue weighted by Crippen LogP contribution is 2.14. The molecule has 0 atom stereocenters. The summed E-state index contributed by atoms with van der Waals surface area (Å²) in [5, 5.41) is 12.5. The number of allylic oxidation sites excluding steroid dienone is 3. The number of rotatable bonds is 4. The van der Waals surface area contributed by atoms with Crippen LogP contribution in [0.1, 0.15) is 5.56 Å². The number of carbonyl (C=O) groups is 1. The summed E-state index contributed by atoms with van der Waals surface area (Å²) in [6, 6.07) is 6.12. The molecule has 110 valence electrons. The first-order valence-corrected chi connectivity index (χ1v) is 7.45. The molecule has 0 amide bonds. The van der Waals surface area contributed by atoms with Crippen LogP contribution in [0.15, 0.2) is 58.1 Å². The molecule has 0 saturated heterocycles. The number of aliphatic hydroxyl groups is 1. The monoisotopic (exact) mass is 307 g/mol. The number of carbonyl (C=O) groups excluding carboxylic acids is 1. The van der Waals surface area contributed by atoms with E-state index in [1.807, 2.05) is 6.92 Å². The van der Waals surface area contributed by atoms with Gasteiger partial charge in [-0.25, -0.2) is 0 Å². The van der Waals surface area contributed by atoms with Crippen molar-refractivity contribution in [2.45, 2.75) is 11.8 Å². The zero-order valence-corrected chi connectivity index (χ0v) is 12.0. The van der Waals surface area contributed by atoms with E-state index in [9.17, 15) is 13.2 Å². The lowest BCUT2D eigenvalue weighted by Gasteiger charge is -2.06. The van der Waals surface area contributed by atoms with Gasteiger partial charge >= 0.3 is 10.1 Å². The number of aliphatic hydroxyl groups excluding tert-OH is 1. The molecule has 0 radical (unpaired) electrons. The van der Waals surface area contributed by atoms with Crippen molar-refractivity contribution in [1.29, 1.82) is 0 Å². The second-order valence-corrected chi connectivity index (χ2v) is 5.91. The van der Waals surface area contributed by atoms with Crippen molar-refractivity contribution < 1.29 is 22.6 Å². The highest BCUT2D eigenvalue weighted by atomic mass is 32.2. The van der Waals surface area contributed by atoms with Gasteiger partial charge in [0.2, 0.25) is 0 Å². The Morgan fingerprint density at radius 2 is 1.86 bits per heavy atom. The lowest BCUT2D eigenvalue weighted by Crippen LogP contribution is -2.12. The summed E-state index contributed by atoms with van der Waals surface area (Å²) in [5.74, 6) is -0.349. The molecule has 7 heteroatoms. The van der Waals surface area contributed by atoms with E-state index in [1.165, 1.54) is 30.4 Å². The first-order valence-electron chi connectivity index (χ1n) is 6.04. The van der Waals surface area contributed by atoms with Crippen molar-refractivity contribution in [3.63, 3.8) is 0 Å². The molecule has 0 unspecified atom stereocenters. The summed E-state index contributed by atoms with van der Waals surface area (Å²) in [7, 11) is -4.01. The minimum absolute atomic E-state index is 0.0142. The van der Waals surface area contributed by atoms with Crippen LogP contribution in [0.4, 0.5) is 0 Å². The van der Waals surface area contributed by atoms with E-state index in [0.29, 0.717) is 0 Å². The molecule has 1 aliphatic rings. The zero-order valence-electron chi connectivity index (χ0n) is 11.2. The third kappa shape index (κ3) is 3.65. The summed E-state index contributed by atoms with van der Waals surface area (Å²) in [5.41, 5.74) is 1.17. The average Bonchev–Trinajstić information content (AvgIpc) is 2.47. The molecule has 0 fully saturated rings. The number of ketones is 1. The Labute approximate surface area is 122 Å². The highest BCUT2D eigenvalue weighted by molar-refractivity contribution is 7.86. The fraction of sp³-hybridized carbons (Fsp3) is 0.143. The Morgan fingerprint density at radius 1 is 1.19 bits per heavy atom. The van der Waals surface area contributed by atoms with Gasteiger partial charge in [0, 0.05) is 5.57 Å². The first kappa shape index (κ1) is 15.1. The van der Waals surface area contributed by atoms with Gasteiger partial charge in [-0.3, -0.25) is 9.08 Å². The molecule has 1 N–H and O–H groups in total. The molecule has 0 heterocycles. The number of oxime groups is 1. The lowest BCUT2D eigenvalue weighted by molar-refractivity contribution is -0.111. The second-order valence-electron chi connectivity index (χ2n) is 4.38. The fourth-order valence-electron chi connectivity index (χ4n) is 1.59. The number of hydrogen-bond acceptors (Lipinski definition) is 6. The van der Waals surface area contributed by atoms with Crippen LogP contribution in [0.5, 0.6) is 0 Å². The van der Waals surface area contributed by atoms with Crippen molar-refractivity contribution in [3.8, 4) is 0 Å². The predicted octanol–water partition coefficient (Wildman–Crippen LogP) is 1.11. The minimum atomic E-state index is -4.01. The van der Waals surface area contributed by atoms with Gasteiger partial charge in [-0.2, -0.15) is 8.42 Å². The van der Waals surface area contributed by atoms with Crippen LogP contribution < -0.4 is 0 Å². The molecule has 0 aliphatic heterocycles. The van der Waals surface area contributed by atoms with Crippen molar-refractivity contribution in [2.24, 2.45) is 5.16 Å². The molecule has 1 aromatic carbocycles. The van der Waals surface area contributed by atoms with Crippen LogP contribution in [-0.2, 0) is 19.2 Å². The Bertz CT molecular complexity index is 742. The smallest absolute Gasteiger partial charge is 0.358 e. The van der Waals surface area contributed by atoms with Crippen LogP contribution in [-0.4, -0.2) is 31.6 Å². The van der Waals surface area contributed by atoms with Gasteiger partial charge in [0.05, 0.1) is 6.61 Å². The van der Waals surface area contributed by atoms with Crippen LogP contribution in [0.2, 0.25) is 0 Å². The Hall–Kier alpha value is -2.25. The van der Waals surface area contributed by atoms with Crippen molar-refractivity contribution in [1.82, 2.24) is 0 Å². The van der Waals surface area contributed by atoms with Gasteiger partial charge in [-0.15, -0.1) is 0 Å². The number of hydrogen-bond donors (Lipinski definition) is 1. The number of benzene rings is 1. The summed E-state index contributed by atoms with van der Waals surface area (Å²) in [6.45, 7) is 1.38. The van der Waals surface area contributed by atoms with Gasteiger partial charge in [0.1, 0.15) is 10.6 Å². The molecule has 0 spiro atoms. The largest absolute Gasteiger partial charge is 0.392 e. The highest BCUT2D eigenvalue weighted by Gasteiger charge is 2.17. The van der Waals surface area contributed by atoms with Crippen LogP contribution in [0.25, 0.3) is 0 Å². The molecule has 6 nitrogen and oxygen atoms in total. The quantitative estimate of drug-likeness (QED) is 0.664. The normalized spacial score (nSPS) is 17.0. The van der Waals surface area contributed by atoms with Gasteiger partial charge in [0.15, 0.2) is 5.78 Å². The number of nitrogens with zero attached hydrogens (tertiary/aromatic N) is 1. The van der Waals surface area contributed by atoms with E-state index < -0.39 is 16.7 Å². The maximum absolute atomic E-state index is 11.9. The van der Waals surface area contributed by atoms with Gasteiger partial charge in [0.25, 0.3) is 0 Å². The molecular formula is C14H13NO5S. The molecule has 1 aromatic rings. The van der Waals surface area contributed by atoms with Crippen molar-refractivity contribution >= 4 is 21.6 Å². The maximum Gasteiger partial charge on any atom is 0.358 e. The third-order valence-corrected chi connectivity index (χ3v) is 3.89. The van der Waals surface area contributed by atoms with Crippen LogP contribution in [0.3, 0.4) is 0 Å². The van der Waals surface area contributed by atoms with Gasteiger partial charge < -0.3 is 5.11 Å². The average molecular weight is 307 g/mol. The summed E-state index contributed by atoms with van der Waals surface area (Å²) >= 11 is 0. The summed E-state index contributed by atoms with van der Waals surface area (Å²) < 4.78 is 28.4. The van der Waals surface area contributed by atoms with Gasteiger partial charge in [-0.1, -0.05) is 22.9 Å². The van der Waals surface area contributed by atoms with Crippen molar-refractivity contribution in [3.05, 3.63) is 53.6 Å². The van der Waals surface area contributed by atoms with Crippen molar-refractivity contribution in [2.75, 3.05) is 6.61 Å². The van der Waals surface area contributed by atoms with Crippen LogP contribution >= 0.6 is 0 Å². The summed E-state index contributed by atoms with van der Waals surface area (Å²) in [4.78, 5) is 11.3. The Kier molecular flexibility index (Phi) is 4.35. The Morgan fingerprint density at radius 3 is 2.48 bits per heavy atom. The standard InChI is InChI=1S/C14H13NO5S/c1-10-2-5-13(6-3-10)21(18,19)20-15-12-4-7-14(17)11(8-12)9-16/h2-8,16H,9H2,1H3. The predicted molar refractivity (Wildman–Crippen MR) is 76.2 cm³/mol. The number of aryl methyl sites for hydroxylation is 1. The van der Waals surface area contributed by atoms with E-state index in [1.54, 1.807) is 12.1 Å². The zero-order chi connectivity index (χ0) is 15.5. The summed E-state index contributed by atoms with van der Waals surface area (Å²) in [6.07, 6.45) is 3.77. The molecule has 0 saturated carbocycles. The topological polar surface area (TPSA) is 93.0 Å². The molecule has 0 bridgehead atoms. The van der Waals surface area contributed by atoms with Gasteiger partial charge in [-0.05, 0) is 37.3 Å². The van der Waals surface area contributed by atoms with Crippen LogP contribution in [0, 0.1) is 6.92 Å². The first-order chi connectivity index (χ1) is 9.92. The maximum atomic E-state index is 11.9. The van der Waals surface area contributed by atoms with E-state index in [2.05, 4.69) is 9.44 Å². The van der Waals surface area contributed by atoms with E-state index in [0.717, 1.165) is 5.56 Å². The SMILES string of the molecule is Cc1ccc(S(=O)(=O)ON=C2C=CC(=O)C(CO)=C2)cc1. The van der Waals surface area contributed by atoms with E-state index in [-0.39, 0.29) is 22.0 Å². The molecule has 1 aliphatic carbocycles. The van der Waals surface area contributed by atoms with E-state index in [4.69, 9.17) is 5.11 Å². The molecule has 21 heavy (non-hydrogen) atoms. The molecule has 0 aromatic heterocycles. The second kappa shape index (κ2) is 6.02. The fourth-order valence-corrected chi connectivity index (χ4v) is 2.33. The van der Waals surface area contributed by atoms with E-state index >= 15 is 0 Å². The lowest BCUT2D eigenvalue weighted by atomic mass is 10.0. The molecule has 2 rings (SSSR count). The molecular weight excluding hydrogens is 294 g/mol. The third-order valence-electron chi connectivity index (χ3n) is 2.76.